The van der Waals surface area contributed by atoms with Gasteiger partial charge in [-0.1, -0.05) is 18.2 Å². The van der Waals surface area contributed by atoms with Gasteiger partial charge in [-0.15, -0.1) is 0 Å². The molecule has 1 unspecified atom stereocenters. The number of aromatic hydroxyl groups is 1. The molecule has 0 spiro atoms. The number of carbonyl (C=O) groups is 1. The predicted octanol–water partition coefficient (Wildman–Crippen LogP) is 1.89. The van der Waals surface area contributed by atoms with Crippen molar-refractivity contribution < 1.29 is 14.6 Å². The van der Waals surface area contributed by atoms with Crippen LogP contribution in [0.25, 0.3) is 0 Å². The van der Waals surface area contributed by atoms with Crippen molar-refractivity contribution in [2.24, 2.45) is 5.92 Å². The van der Waals surface area contributed by atoms with Crippen molar-refractivity contribution in [3.63, 3.8) is 0 Å². The number of hydrogen-bond donors (Lipinski definition) is 1. The summed E-state index contributed by atoms with van der Waals surface area (Å²) in [5.41, 5.74) is 0.714. The molecule has 5 heteroatoms. The van der Waals surface area contributed by atoms with Crippen LogP contribution in [0.3, 0.4) is 0 Å². The summed E-state index contributed by atoms with van der Waals surface area (Å²) in [6, 6.07) is 7.66. The minimum Gasteiger partial charge on any atom is -0.508 e. The first-order chi connectivity index (χ1) is 11.6. The van der Waals surface area contributed by atoms with Crippen LogP contribution in [0, 0.1) is 5.92 Å². The molecular weight excluding hydrogens is 304 g/mol. The van der Waals surface area contributed by atoms with Gasteiger partial charge in [-0.25, -0.2) is 0 Å². The molecule has 1 N–H and O–H groups in total. The highest BCUT2D eigenvalue weighted by Crippen LogP contribution is 2.25. The van der Waals surface area contributed by atoms with E-state index in [1.807, 2.05) is 17.0 Å². The van der Waals surface area contributed by atoms with Crippen LogP contribution in [0.1, 0.15) is 25.3 Å². The Labute approximate surface area is 144 Å². The number of amides is 1. The lowest BCUT2D eigenvalue weighted by Crippen LogP contribution is -2.49. The number of carbonyl (C=O) groups excluding carboxylic acids is 1. The normalized spacial score (nSPS) is 21.6. The number of rotatable bonds is 4. The third kappa shape index (κ3) is 4.08. The molecule has 0 aromatic heterocycles. The van der Waals surface area contributed by atoms with Gasteiger partial charge in [0.2, 0.25) is 5.91 Å². The number of benzene rings is 1. The number of nitrogens with zero attached hydrogens (tertiary/aromatic N) is 2. The largest absolute Gasteiger partial charge is 0.508 e. The second kappa shape index (κ2) is 7.99. The molecule has 0 aliphatic carbocycles. The van der Waals surface area contributed by atoms with Crippen LogP contribution in [0.4, 0.5) is 0 Å². The van der Waals surface area contributed by atoms with Crippen LogP contribution in [0.2, 0.25) is 0 Å². The molecule has 2 aliphatic heterocycles. The Kier molecular flexibility index (Phi) is 5.74. The maximum absolute atomic E-state index is 12.5. The van der Waals surface area contributed by atoms with E-state index in [1.165, 1.54) is 0 Å². The third-order valence-corrected chi connectivity index (χ3v) is 5.53. The van der Waals surface area contributed by atoms with E-state index in [-0.39, 0.29) is 18.1 Å². The Morgan fingerprint density at radius 3 is 2.54 bits per heavy atom. The van der Waals surface area contributed by atoms with E-state index in [1.54, 1.807) is 12.1 Å². The van der Waals surface area contributed by atoms with Gasteiger partial charge in [-0.2, -0.15) is 0 Å². The van der Waals surface area contributed by atoms with Gasteiger partial charge in [0.15, 0.2) is 0 Å². The second-order valence-electron chi connectivity index (χ2n) is 6.91. The molecule has 0 bridgehead atoms. The van der Waals surface area contributed by atoms with Crippen LogP contribution < -0.4 is 0 Å². The Morgan fingerprint density at radius 2 is 1.88 bits per heavy atom. The summed E-state index contributed by atoms with van der Waals surface area (Å²) in [5.74, 6) is 0.980. The van der Waals surface area contributed by atoms with Crippen molar-refractivity contribution in [2.75, 3.05) is 39.4 Å². The first-order valence-electron chi connectivity index (χ1n) is 9.01. The molecule has 24 heavy (non-hydrogen) atoms. The molecule has 3 rings (SSSR count). The van der Waals surface area contributed by atoms with Gasteiger partial charge < -0.3 is 14.7 Å². The summed E-state index contributed by atoms with van der Waals surface area (Å²) < 4.78 is 5.44. The first kappa shape index (κ1) is 17.2. The average Bonchev–Trinajstić information content (AvgIpc) is 2.64. The molecular formula is C19H28N2O3. The average molecular weight is 332 g/mol. The van der Waals surface area contributed by atoms with Gasteiger partial charge >= 0.3 is 0 Å². The molecule has 2 fully saturated rings. The van der Waals surface area contributed by atoms with E-state index in [4.69, 9.17) is 4.74 Å². The highest BCUT2D eigenvalue weighted by atomic mass is 16.5. The Morgan fingerprint density at radius 1 is 1.21 bits per heavy atom. The maximum Gasteiger partial charge on any atom is 0.227 e. The fourth-order valence-corrected chi connectivity index (χ4v) is 3.85. The molecule has 132 valence electrons. The van der Waals surface area contributed by atoms with Crippen molar-refractivity contribution in [3.05, 3.63) is 29.8 Å². The zero-order valence-electron chi connectivity index (χ0n) is 14.5. The fraction of sp³-hybridized carbons (Fsp3) is 0.632. The van der Waals surface area contributed by atoms with Crippen molar-refractivity contribution in [1.82, 2.24) is 9.80 Å². The smallest absolute Gasteiger partial charge is 0.227 e. The van der Waals surface area contributed by atoms with Crippen LogP contribution in [-0.4, -0.2) is 66.2 Å². The van der Waals surface area contributed by atoms with Gasteiger partial charge in [-0.05, 0) is 31.7 Å². The highest BCUT2D eigenvalue weighted by molar-refractivity contribution is 5.79. The SMILES string of the molecule is CC(C1CCN(C(=O)Cc2ccccc2O)CC1)N1CCOCC1. The summed E-state index contributed by atoms with van der Waals surface area (Å²) in [5, 5.41) is 9.83. The summed E-state index contributed by atoms with van der Waals surface area (Å²) in [4.78, 5) is 17.0. The zero-order valence-corrected chi connectivity index (χ0v) is 14.5. The number of para-hydroxylation sites is 1. The lowest BCUT2D eigenvalue weighted by atomic mass is 9.89. The molecule has 2 saturated heterocycles. The zero-order chi connectivity index (χ0) is 16.9. The molecule has 2 heterocycles. The maximum atomic E-state index is 12.5. The van der Waals surface area contributed by atoms with Gasteiger partial charge in [0.05, 0.1) is 19.6 Å². The molecule has 1 aromatic rings. The van der Waals surface area contributed by atoms with Crippen molar-refractivity contribution in [1.29, 1.82) is 0 Å². The molecule has 1 amide bonds. The summed E-state index contributed by atoms with van der Waals surface area (Å²) in [6.07, 6.45) is 2.41. The van der Waals surface area contributed by atoms with Crippen LogP contribution in [0.5, 0.6) is 5.75 Å². The van der Waals surface area contributed by atoms with Gasteiger partial charge in [0.25, 0.3) is 0 Å². The van der Waals surface area contributed by atoms with Crippen LogP contribution in [-0.2, 0) is 16.0 Å². The third-order valence-electron chi connectivity index (χ3n) is 5.53. The molecule has 5 nitrogen and oxygen atoms in total. The Hall–Kier alpha value is -1.59. The summed E-state index contributed by atoms with van der Waals surface area (Å²) >= 11 is 0. The first-order valence-corrected chi connectivity index (χ1v) is 9.01. The molecule has 0 radical (unpaired) electrons. The highest BCUT2D eigenvalue weighted by Gasteiger charge is 2.30. The molecule has 0 saturated carbocycles. The lowest BCUT2D eigenvalue weighted by molar-refractivity contribution is -0.132. The number of hydrogen-bond acceptors (Lipinski definition) is 4. The van der Waals surface area contributed by atoms with E-state index in [0.29, 0.717) is 17.5 Å². The van der Waals surface area contributed by atoms with E-state index in [9.17, 15) is 9.90 Å². The van der Waals surface area contributed by atoms with Gasteiger partial charge in [0, 0.05) is 37.8 Å². The predicted molar refractivity (Wildman–Crippen MR) is 93.0 cm³/mol. The van der Waals surface area contributed by atoms with E-state index < -0.39 is 0 Å². The van der Waals surface area contributed by atoms with Crippen molar-refractivity contribution >= 4 is 5.91 Å². The van der Waals surface area contributed by atoms with Crippen molar-refractivity contribution in [2.45, 2.75) is 32.2 Å². The topological polar surface area (TPSA) is 53.0 Å². The number of ether oxygens (including phenoxy) is 1. The number of phenols is 1. The van der Waals surface area contributed by atoms with E-state index >= 15 is 0 Å². The molecule has 2 aliphatic rings. The standard InChI is InChI=1S/C19H28N2O3/c1-15(20-10-12-24-13-11-20)16-6-8-21(9-7-16)19(23)14-17-4-2-3-5-18(17)22/h2-5,15-16,22H,6-14H2,1H3. The summed E-state index contributed by atoms with van der Waals surface area (Å²) in [6.45, 7) is 7.68. The van der Waals surface area contributed by atoms with Crippen LogP contribution >= 0.6 is 0 Å². The van der Waals surface area contributed by atoms with Gasteiger partial charge in [-0.3, -0.25) is 9.69 Å². The molecule has 1 atom stereocenters. The fourth-order valence-electron chi connectivity index (χ4n) is 3.85. The van der Waals surface area contributed by atoms with E-state index in [0.717, 1.165) is 52.2 Å². The molecule has 1 aromatic carbocycles. The quantitative estimate of drug-likeness (QED) is 0.915. The number of piperidine rings is 1. The van der Waals surface area contributed by atoms with Gasteiger partial charge in [0.1, 0.15) is 5.75 Å². The number of morpholine rings is 1. The second-order valence-corrected chi connectivity index (χ2v) is 6.91. The summed E-state index contributed by atoms with van der Waals surface area (Å²) in [7, 11) is 0. The number of phenolic OH excluding ortho intramolecular Hbond substituents is 1. The Balaban J connectivity index is 1.49. The monoisotopic (exact) mass is 332 g/mol. The number of likely N-dealkylation sites (tertiary alicyclic amines) is 1. The minimum atomic E-state index is 0.119. The lowest BCUT2D eigenvalue weighted by Gasteiger charge is -2.41. The van der Waals surface area contributed by atoms with Crippen LogP contribution in [0.15, 0.2) is 24.3 Å². The van der Waals surface area contributed by atoms with Crippen molar-refractivity contribution in [3.8, 4) is 5.75 Å². The van der Waals surface area contributed by atoms with E-state index in [2.05, 4.69) is 11.8 Å². The Bertz CT molecular complexity index is 549. The minimum absolute atomic E-state index is 0.119.